The molecule has 5 heteroatoms. The Morgan fingerprint density at radius 3 is 2.89 bits per heavy atom. The van der Waals surface area contributed by atoms with Crippen molar-refractivity contribution in [3.05, 3.63) is 29.8 Å². The van der Waals surface area contributed by atoms with E-state index < -0.39 is 6.10 Å². The standard InChI is InChI=1S/C14H19N3O2/c1-3-17(9-5-8-15)14(19)16-13-7-4-6-12(10-13)11(2)18/h4,6-7,10-11,18H,3,5,9H2,1-2H3,(H,16,19). The molecule has 0 saturated heterocycles. The van der Waals surface area contributed by atoms with Crippen LogP contribution in [0, 0.1) is 11.3 Å². The molecule has 0 aliphatic heterocycles. The van der Waals surface area contributed by atoms with Gasteiger partial charge in [0, 0.05) is 18.8 Å². The molecule has 0 aromatic heterocycles. The molecule has 19 heavy (non-hydrogen) atoms. The van der Waals surface area contributed by atoms with Gasteiger partial charge in [-0.1, -0.05) is 12.1 Å². The molecule has 1 rings (SSSR count). The minimum absolute atomic E-state index is 0.236. The van der Waals surface area contributed by atoms with Gasteiger partial charge in [0.1, 0.15) is 0 Å². The third kappa shape index (κ3) is 4.60. The van der Waals surface area contributed by atoms with Crippen LogP contribution in [-0.4, -0.2) is 29.1 Å². The number of carbonyl (C=O) groups is 1. The first-order valence-corrected chi connectivity index (χ1v) is 6.29. The second-order valence-corrected chi connectivity index (χ2v) is 4.22. The molecule has 1 atom stereocenters. The minimum Gasteiger partial charge on any atom is -0.389 e. The second-order valence-electron chi connectivity index (χ2n) is 4.22. The fraction of sp³-hybridized carbons (Fsp3) is 0.429. The van der Waals surface area contributed by atoms with Crippen molar-refractivity contribution < 1.29 is 9.90 Å². The summed E-state index contributed by atoms with van der Waals surface area (Å²) in [5, 5.41) is 20.8. The van der Waals surface area contributed by atoms with Gasteiger partial charge in [-0.3, -0.25) is 0 Å². The molecule has 0 heterocycles. The van der Waals surface area contributed by atoms with Crippen molar-refractivity contribution in [3.8, 4) is 6.07 Å². The van der Waals surface area contributed by atoms with Crippen LogP contribution in [0.2, 0.25) is 0 Å². The molecule has 0 fully saturated rings. The molecule has 0 spiro atoms. The summed E-state index contributed by atoms with van der Waals surface area (Å²) >= 11 is 0. The lowest BCUT2D eigenvalue weighted by molar-refractivity contribution is 0.199. The van der Waals surface area contributed by atoms with E-state index in [0.717, 1.165) is 5.56 Å². The van der Waals surface area contributed by atoms with E-state index in [1.165, 1.54) is 0 Å². The average molecular weight is 261 g/mol. The highest BCUT2D eigenvalue weighted by atomic mass is 16.3. The van der Waals surface area contributed by atoms with Crippen LogP contribution in [-0.2, 0) is 0 Å². The van der Waals surface area contributed by atoms with E-state index in [-0.39, 0.29) is 6.03 Å². The number of hydrogen-bond donors (Lipinski definition) is 2. The maximum absolute atomic E-state index is 12.0. The number of benzene rings is 1. The van der Waals surface area contributed by atoms with Gasteiger partial charge in [0.15, 0.2) is 0 Å². The normalized spacial score (nSPS) is 11.5. The van der Waals surface area contributed by atoms with Crippen molar-refractivity contribution >= 4 is 11.7 Å². The van der Waals surface area contributed by atoms with Crippen LogP contribution >= 0.6 is 0 Å². The van der Waals surface area contributed by atoms with Gasteiger partial charge in [-0.25, -0.2) is 4.79 Å². The Morgan fingerprint density at radius 2 is 2.32 bits per heavy atom. The summed E-state index contributed by atoms with van der Waals surface area (Å²) in [6.45, 7) is 4.49. The van der Waals surface area contributed by atoms with Crippen molar-refractivity contribution in [2.45, 2.75) is 26.4 Å². The Labute approximate surface area is 113 Å². The quantitative estimate of drug-likeness (QED) is 0.855. The molecule has 0 aliphatic carbocycles. The Bertz CT molecular complexity index is 466. The number of carbonyl (C=O) groups excluding carboxylic acids is 1. The zero-order valence-corrected chi connectivity index (χ0v) is 11.3. The number of aliphatic hydroxyl groups excluding tert-OH is 1. The van der Waals surface area contributed by atoms with E-state index in [1.54, 1.807) is 36.1 Å². The number of hydrogen-bond acceptors (Lipinski definition) is 3. The molecule has 2 amide bonds. The molecule has 0 saturated carbocycles. The van der Waals surface area contributed by atoms with E-state index in [0.29, 0.717) is 25.2 Å². The van der Waals surface area contributed by atoms with Crippen molar-refractivity contribution in [1.29, 1.82) is 5.26 Å². The predicted molar refractivity (Wildman–Crippen MR) is 73.6 cm³/mol. The van der Waals surface area contributed by atoms with E-state index in [4.69, 9.17) is 5.26 Å². The lowest BCUT2D eigenvalue weighted by Gasteiger charge is -2.20. The molecular weight excluding hydrogens is 242 g/mol. The fourth-order valence-electron chi connectivity index (χ4n) is 1.67. The SMILES string of the molecule is CCN(CCC#N)C(=O)Nc1cccc(C(C)O)c1. The van der Waals surface area contributed by atoms with Gasteiger partial charge in [0.2, 0.25) is 0 Å². The molecule has 0 aliphatic rings. The number of nitrogens with zero attached hydrogens (tertiary/aromatic N) is 2. The van der Waals surface area contributed by atoms with Crippen LogP contribution in [0.4, 0.5) is 10.5 Å². The smallest absolute Gasteiger partial charge is 0.321 e. The molecule has 0 radical (unpaired) electrons. The van der Waals surface area contributed by atoms with Crippen LogP contribution in [0.1, 0.15) is 31.9 Å². The third-order valence-electron chi connectivity index (χ3n) is 2.78. The van der Waals surface area contributed by atoms with E-state index in [9.17, 15) is 9.90 Å². The highest BCUT2D eigenvalue weighted by Crippen LogP contribution is 2.17. The summed E-state index contributed by atoms with van der Waals surface area (Å²) in [6.07, 6.45) is -0.257. The van der Waals surface area contributed by atoms with Crippen molar-refractivity contribution in [1.82, 2.24) is 4.90 Å². The van der Waals surface area contributed by atoms with Crippen LogP contribution in [0.5, 0.6) is 0 Å². The highest BCUT2D eigenvalue weighted by molar-refractivity contribution is 5.89. The molecule has 2 N–H and O–H groups in total. The monoisotopic (exact) mass is 261 g/mol. The average Bonchev–Trinajstić information content (AvgIpc) is 2.40. The van der Waals surface area contributed by atoms with Crippen LogP contribution < -0.4 is 5.32 Å². The summed E-state index contributed by atoms with van der Waals surface area (Å²) in [7, 11) is 0. The van der Waals surface area contributed by atoms with Gasteiger partial charge < -0.3 is 15.3 Å². The van der Waals surface area contributed by atoms with Crippen molar-refractivity contribution in [2.75, 3.05) is 18.4 Å². The summed E-state index contributed by atoms with van der Waals surface area (Å²) < 4.78 is 0. The van der Waals surface area contributed by atoms with Crippen LogP contribution in [0.15, 0.2) is 24.3 Å². The van der Waals surface area contributed by atoms with Crippen molar-refractivity contribution in [3.63, 3.8) is 0 Å². The molecule has 5 nitrogen and oxygen atoms in total. The van der Waals surface area contributed by atoms with Gasteiger partial charge in [0.05, 0.1) is 18.6 Å². The Balaban J connectivity index is 2.70. The number of anilines is 1. The van der Waals surface area contributed by atoms with Gasteiger partial charge in [-0.15, -0.1) is 0 Å². The topological polar surface area (TPSA) is 76.4 Å². The number of urea groups is 1. The maximum atomic E-state index is 12.0. The first-order valence-electron chi connectivity index (χ1n) is 6.29. The summed E-state index contributed by atoms with van der Waals surface area (Å²) in [5.74, 6) is 0. The molecule has 102 valence electrons. The van der Waals surface area contributed by atoms with Crippen molar-refractivity contribution in [2.24, 2.45) is 0 Å². The lowest BCUT2D eigenvalue weighted by atomic mass is 10.1. The third-order valence-corrected chi connectivity index (χ3v) is 2.78. The zero-order valence-electron chi connectivity index (χ0n) is 11.3. The molecule has 1 aromatic rings. The maximum Gasteiger partial charge on any atom is 0.321 e. The zero-order chi connectivity index (χ0) is 14.3. The highest BCUT2D eigenvalue weighted by Gasteiger charge is 2.11. The Kier molecular flexibility index (Phi) is 5.83. The van der Waals surface area contributed by atoms with Gasteiger partial charge in [-0.05, 0) is 31.5 Å². The van der Waals surface area contributed by atoms with Gasteiger partial charge in [0.25, 0.3) is 0 Å². The molecule has 0 bridgehead atoms. The number of aliphatic hydroxyl groups is 1. The second kappa shape index (κ2) is 7.39. The van der Waals surface area contributed by atoms with Gasteiger partial charge >= 0.3 is 6.03 Å². The number of nitrogens with one attached hydrogen (secondary N) is 1. The Hall–Kier alpha value is -2.06. The molecule has 1 unspecified atom stereocenters. The first-order chi connectivity index (χ1) is 9.08. The lowest BCUT2D eigenvalue weighted by Crippen LogP contribution is -2.35. The Morgan fingerprint density at radius 1 is 1.58 bits per heavy atom. The number of rotatable bonds is 5. The molecule has 1 aromatic carbocycles. The minimum atomic E-state index is -0.572. The first kappa shape index (κ1) is 15.0. The van der Waals surface area contributed by atoms with Gasteiger partial charge in [-0.2, -0.15) is 5.26 Å². The predicted octanol–water partition coefficient (Wildman–Crippen LogP) is 2.51. The van der Waals surface area contributed by atoms with E-state index in [2.05, 4.69) is 5.32 Å². The summed E-state index contributed by atoms with van der Waals surface area (Å²) in [4.78, 5) is 13.5. The summed E-state index contributed by atoms with van der Waals surface area (Å²) in [6, 6.07) is 8.87. The van der Waals surface area contributed by atoms with E-state index >= 15 is 0 Å². The van der Waals surface area contributed by atoms with Crippen LogP contribution in [0.25, 0.3) is 0 Å². The number of amides is 2. The van der Waals surface area contributed by atoms with E-state index in [1.807, 2.05) is 13.0 Å². The largest absolute Gasteiger partial charge is 0.389 e. The van der Waals surface area contributed by atoms with Crippen LogP contribution in [0.3, 0.4) is 0 Å². The number of nitriles is 1. The summed E-state index contributed by atoms with van der Waals surface area (Å²) in [5.41, 5.74) is 1.39. The molecular formula is C14H19N3O2. The fourth-order valence-corrected chi connectivity index (χ4v) is 1.67.